The van der Waals surface area contributed by atoms with Crippen molar-refractivity contribution in [3.8, 4) is 11.5 Å². The van der Waals surface area contributed by atoms with E-state index in [-0.39, 0.29) is 25.6 Å². The van der Waals surface area contributed by atoms with Gasteiger partial charge in [0, 0.05) is 12.2 Å². The molecule has 0 aliphatic carbocycles. The van der Waals surface area contributed by atoms with Gasteiger partial charge in [-0.1, -0.05) is 18.2 Å². The Labute approximate surface area is 193 Å². The van der Waals surface area contributed by atoms with Crippen molar-refractivity contribution in [3.05, 3.63) is 54.1 Å². The summed E-state index contributed by atoms with van der Waals surface area (Å²) in [6.45, 7) is 7.49. The Morgan fingerprint density at radius 3 is 2.12 bits per heavy atom. The number of hydrogen-bond acceptors (Lipinski definition) is 6. The fourth-order valence-electron chi connectivity index (χ4n) is 2.65. The highest BCUT2D eigenvalue weighted by Gasteiger charge is 2.17. The van der Waals surface area contributed by atoms with Crippen LogP contribution in [-0.2, 0) is 20.9 Å². The largest absolute Gasteiger partial charge is 0.494 e. The second-order valence-electron chi connectivity index (χ2n) is 8.03. The molecule has 2 aromatic carbocycles. The molecule has 3 N–H and O–H groups in total. The molecule has 0 spiro atoms. The van der Waals surface area contributed by atoms with E-state index in [2.05, 4.69) is 16.0 Å². The third-order valence-corrected chi connectivity index (χ3v) is 4.06. The summed E-state index contributed by atoms with van der Waals surface area (Å²) >= 11 is 0. The highest BCUT2D eigenvalue weighted by Crippen LogP contribution is 2.18. The molecule has 33 heavy (non-hydrogen) atoms. The monoisotopic (exact) mass is 457 g/mol. The number of carbonyl (C=O) groups is 3. The van der Waals surface area contributed by atoms with Gasteiger partial charge in [-0.3, -0.25) is 9.59 Å². The van der Waals surface area contributed by atoms with Gasteiger partial charge in [0.25, 0.3) is 5.91 Å². The van der Waals surface area contributed by atoms with E-state index in [4.69, 9.17) is 14.2 Å². The maximum atomic E-state index is 12.2. The number of alkyl carbamates (subject to hydrolysis) is 1. The predicted octanol–water partition coefficient (Wildman–Crippen LogP) is 3.24. The first-order valence-electron chi connectivity index (χ1n) is 10.6. The molecule has 0 heterocycles. The minimum absolute atomic E-state index is 0.150. The summed E-state index contributed by atoms with van der Waals surface area (Å²) in [4.78, 5) is 36.1. The molecule has 3 amide bonds. The molecule has 0 saturated carbocycles. The number of carbonyl (C=O) groups excluding carboxylic acids is 3. The zero-order chi connectivity index (χ0) is 24.3. The molecule has 0 fully saturated rings. The van der Waals surface area contributed by atoms with Crippen LogP contribution in [0.15, 0.2) is 48.5 Å². The van der Waals surface area contributed by atoms with Crippen molar-refractivity contribution >= 4 is 23.6 Å². The number of ether oxygens (including phenoxy) is 3. The van der Waals surface area contributed by atoms with Crippen LogP contribution < -0.4 is 25.4 Å². The van der Waals surface area contributed by atoms with Crippen LogP contribution in [0.25, 0.3) is 0 Å². The van der Waals surface area contributed by atoms with Gasteiger partial charge in [-0.05, 0) is 63.6 Å². The maximum Gasteiger partial charge on any atom is 0.408 e. The van der Waals surface area contributed by atoms with Crippen LogP contribution in [0.4, 0.5) is 10.5 Å². The maximum absolute atomic E-state index is 12.2. The zero-order valence-electron chi connectivity index (χ0n) is 19.4. The molecule has 0 aliphatic rings. The van der Waals surface area contributed by atoms with E-state index in [1.165, 1.54) is 0 Å². The van der Waals surface area contributed by atoms with E-state index in [0.29, 0.717) is 23.6 Å². The van der Waals surface area contributed by atoms with E-state index in [9.17, 15) is 14.4 Å². The second kappa shape index (κ2) is 12.3. The molecule has 0 radical (unpaired) electrons. The van der Waals surface area contributed by atoms with Crippen LogP contribution in [0.5, 0.6) is 11.5 Å². The second-order valence-corrected chi connectivity index (χ2v) is 8.03. The molecule has 0 atom stereocenters. The molecule has 2 rings (SSSR count). The number of para-hydroxylation sites is 1. The van der Waals surface area contributed by atoms with Gasteiger partial charge in [0.1, 0.15) is 23.6 Å². The van der Waals surface area contributed by atoms with Gasteiger partial charge in [0.15, 0.2) is 6.61 Å². The molecule has 0 unspecified atom stereocenters. The first-order valence-corrected chi connectivity index (χ1v) is 10.6. The van der Waals surface area contributed by atoms with E-state index in [1.54, 1.807) is 69.3 Å². The lowest BCUT2D eigenvalue weighted by Gasteiger charge is -2.19. The number of anilines is 1. The lowest BCUT2D eigenvalue weighted by Crippen LogP contribution is -2.37. The van der Waals surface area contributed by atoms with Crippen LogP contribution >= 0.6 is 0 Å². The molecule has 0 aliphatic heterocycles. The van der Waals surface area contributed by atoms with Crippen LogP contribution in [0.3, 0.4) is 0 Å². The lowest BCUT2D eigenvalue weighted by molar-refractivity contribution is -0.123. The first kappa shape index (κ1) is 25.5. The van der Waals surface area contributed by atoms with E-state index in [0.717, 1.165) is 5.75 Å². The summed E-state index contributed by atoms with van der Waals surface area (Å²) in [6, 6.07) is 14.1. The highest BCUT2D eigenvalue weighted by molar-refractivity contribution is 5.94. The van der Waals surface area contributed by atoms with Gasteiger partial charge in [-0.2, -0.15) is 0 Å². The Bertz CT molecular complexity index is 938. The van der Waals surface area contributed by atoms with Crippen LogP contribution in [0.1, 0.15) is 33.3 Å². The minimum Gasteiger partial charge on any atom is -0.494 e. The Morgan fingerprint density at radius 2 is 1.48 bits per heavy atom. The van der Waals surface area contributed by atoms with Crippen molar-refractivity contribution in [2.75, 3.05) is 25.1 Å². The number of nitrogens with one attached hydrogen (secondary N) is 3. The Hall–Kier alpha value is -3.75. The average molecular weight is 458 g/mol. The summed E-state index contributed by atoms with van der Waals surface area (Å²) in [6.07, 6.45) is -0.675. The summed E-state index contributed by atoms with van der Waals surface area (Å²) in [5, 5.41) is 7.89. The van der Waals surface area contributed by atoms with Gasteiger partial charge in [0.05, 0.1) is 6.61 Å². The van der Waals surface area contributed by atoms with Gasteiger partial charge in [-0.25, -0.2) is 4.79 Å². The minimum atomic E-state index is -0.675. The smallest absolute Gasteiger partial charge is 0.408 e. The predicted molar refractivity (Wildman–Crippen MR) is 124 cm³/mol. The Morgan fingerprint density at radius 1 is 0.848 bits per heavy atom. The third kappa shape index (κ3) is 9.94. The number of rotatable bonds is 10. The van der Waals surface area contributed by atoms with Gasteiger partial charge in [-0.15, -0.1) is 0 Å². The molecule has 0 bridgehead atoms. The molecule has 2 aromatic rings. The topological polar surface area (TPSA) is 115 Å². The summed E-state index contributed by atoms with van der Waals surface area (Å²) in [5.74, 6) is 0.558. The fraction of sp³-hybridized carbons (Fsp3) is 0.375. The van der Waals surface area contributed by atoms with Crippen LogP contribution in [0.2, 0.25) is 0 Å². The normalized spacial score (nSPS) is 10.7. The number of amides is 3. The molecular weight excluding hydrogens is 426 g/mol. The summed E-state index contributed by atoms with van der Waals surface area (Å²) in [5.41, 5.74) is 0.584. The van der Waals surface area contributed by atoms with Crippen molar-refractivity contribution in [1.29, 1.82) is 0 Å². The first-order chi connectivity index (χ1) is 15.7. The van der Waals surface area contributed by atoms with E-state index < -0.39 is 17.6 Å². The molecule has 9 heteroatoms. The molecule has 0 saturated heterocycles. The quantitative estimate of drug-likeness (QED) is 0.505. The number of hydrogen-bond donors (Lipinski definition) is 3. The van der Waals surface area contributed by atoms with Crippen molar-refractivity contribution < 1.29 is 28.6 Å². The Balaban J connectivity index is 1.80. The van der Waals surface area contributed by atoms with Crippen molar-refractivity contribution in [2.24, 2.45) is 0 Å². The third-order valence-electron chi connectivity index (χ3n) is 4.06. The molecule has 9 nitrogen and oxygen atoms in total. The van der Waals surface area contributed by atoms with E-state index >= 15 is 0 Å². The van der Waals surface area contributed by atoms with Crippen molar-refractivity contribution in [3.63, 3.8) is 0 Å². The molecule has 178 valence electrons. The SMILES string of the molecule is CCOc1ccc(OCC(=O)NCc2ccccc2NC(=O)CNC(=O)OC(C)(C)C)cc1. The highest BCUT2D eigenvalue weighted by atomic mass is 16.6. The molecule has 0 aromatic heterocycles. The van der Waals surface area contributed by atoms with Crippen LogP contribution in [0, 0.1) is 0 Å². The van der Waals surface area contributed by atoms with Gasteiger partial charge < -0.3 is 30.2 Å². The lowest BCUT2D eigenvalue weighted by atomic mass is 10.1. The summed E-state index contributed by atoms with van der Waals surface area (Å²) < 4.78 is 16.0. The van der Waals surface area contributed by atoms with Crippen molar-refractivity contribution in [2.45, 2.75) is 39.8 Å². The van der Waals surface area contributed by atoms with Crippen LogP contribution in [-0.4, -0.2) is 43.3 Å². The van der Waals surface area contributed by atoms with Crippen molar-refractivity contribution in [1.82, 2.24) is 10.6 Å². The molecular formula is C24H31N3O6. The zero-order valence-corrected chi connectivity index (χ0v) is 19.4. The number of benzene rings is 2. The summed E-state index contributed by atoms with van der Waals surface area (Å²) in [7, 11) is 0. The average Bonchev–Trinajstić information content (AvgIpc) is 2.76. The van der Waals surface area contributed by atoms with E-state index in [1.807, 2.05) is 6.92 Å². The Kier molecular flexibility index (Phi) is 9.53. The van der Waals surface area contributed by atoms with Gasteiger partial charge >= 0.3 is 6.09 Å². The van der Waals surface area contributed by atoms with Gasteiger partial charge in [0.2, 0.25) is 5.91 Å². The standard InChI is InChI=1S/C24H31N3O6/c1-5-31-18-10-12-19(13-11-18)32-16-22(29)25-14-17-8-6-7-9-20(17)27-21(28)15-26-23(30)33-24(2,3)4/h6-13H,5,14-16H2,1-4H3,(H,25,29)(H,26,30)(H,27,28). The fourth-order valence-corrected chi connectivity index (χ4v) is 2.65.